The molecular weight excluding hydrogens is 355 g/mol. The fourth-order valence-electron chi connectivity index (χ4n) is 2.48. The van der Waals surface area contributed by atoms with Crippen molar-refractivity contribution in [3.8, 4) is 0 Å². The summed E-state index contributed by atoms with van der Waals surface area (Å²) in [4.78, 5) is 47.5. The standard InChI is InChI=1S/C19H25FN2O5/c1-4-14(24)9-10-16(19(26)27-3)22-18(25)17(21-12(2)23)11-13-7-5-6-8-15(13)20/h5-8,16-17H,4,9-11H2,1-3H3,(H,21,23)(H,22,25)/t16-,17+/m1/s1. The summed E-state index contributed by atoms with van der Waals surface area (Å²) in [5.41, 5.74) is 0.252. The molecule has 0 aliphatic carbocycles. The van der Waals surface area contributed by atoms with Crippen molar-refractivity contribution in [2.24, 2.45) is 0 Å². The number of ether oxygens (including phenoxy) is 1. The Kier molecular flexibility index (Phi) is 9.12. The summed E-state index contributed by atoms with van der Waals surface area (Å²) in [6.07, 6.45) is 0.426. The highest BCUT2D eigenvalue weighted by Gasteiger charge is 2.27. The number of esters is 1. The Morgan fingerprint density at radius 3 is 2.33 bits per heavy atom. The summed E-state index contributed by atoms with van der Waals surface area (Å²) >= 11 is 0. The molecule has 0 radical (unpaired) electrons. The van der Waals surface area contributed by atoms with E-state index in [0.29, 0.717) is 6.42 Å². The van der Waals surface area contributed by atoms with Crippen LogP contribution in [0.1, 0.15) is 38.7 Å². The second-order valence-corrected chi connectivity index (χ2v) is 6.06. The third kappa shape index (κ3) is 7.55. The van der Waals surface area contributed by atoms with E-state index in [4.69, 9.17) is 0 Å². The number of methoxy groups -OCH3 is 1. The van der Waals surface area contributed by atoms with Crippen molar-refractivity contribution >= 4 is 23.6 Å². The number of ketones is 1. The van der Waals surface area contributed by atoms with Gasteiger partial charge in [0.15, 0.2) is 0 Å². The highest BCUT2D eigenvalue weighted by Crippen LogP contribution is 2.10. The summed E-state index contributed by atoms with van der Waals surface area (Å²) < 4.78 is 18.6. The van der Waals surface area contributed by atoms with E-state index in [-0.39, 0.29) is 30.6 Å². The summed E-state index contributed by atoms with van der Waals surface area (Å²) in [6, 6.07) is 3.79. The first-order valence-electron chi connectivity index (χ1n) is 8.68. The number of amides is 2. The van der Waals surface area contributed by atoms with Gasteiger partial charge < -0.3 is 15.4 Å². The molecule has 0 aliphatic rings. The largest absolute Gasteiger partial charge is 0.467 e. The molecule has 8 heteroatoms. The zero-order valence-corrected chi connectivity index (χ0v) is 15.7. The molecule has 2 amide bonds. The van der Waals surface area contributed by atoms with Crippen LogP contribution in [0, 0.1) is 5.82 Å². The number of rotatable bonds is 10. The van der Waals surface area contributed by atoms with Gasteiger partial charge in [0.05, 0.1) is 7.11 Å². The molecule has 148 valence electrons. The molecule has 1 aromatic rings. The van der Waals surface area contributed by atoms with Gasteiger partial charge in [0.1, 0.15) is 23.7 Å². The minimum atomic E-state index is -1.08. The van der Waals surface area contributed by atoms with Gasteiger partial charge in [-0.25, -0.2) is 9.18 Å². The molecule has 0 saturated carbocycles. The predicted octanol–water partition coefficient (Wildman–Crippen LogP) is 1.29. The van der Waals surface area contributed by atoms with Crippen LogP contribution >= 0.6 is 0 Å². The Balaban J connectivity index is 2.90. The Hall–Kier alpha value is -2.77. The van der Waals surface area contributed by atoms with Gasteiger partial charge in [-0.1, -0.05) is 25.1 Å². The summed E-state index contributed by atoms with van der Waals surface area (Å²) in [5.74, 6) is -2.38. The highest BCUT2D eigenvalue weighted by atomic mass is 19.1. The maximum absolute atomic E-state index is 13.9. The van der Waals surface area contributed by atoms with Crippen LogP contribution < -0.4 is 10.6 Å². The Labute approximate surface area is 157 Å². The zero-order chi connectivity index (χ0) is 20.4. The SMILES string of the molecule is CCC(=O)CC[C@@H](NC(=O)[C@H](Cc1ccccc1F)NC(C)=O)C(=O)OC. The van der Waals surface area contributed by atoms with Crippen molar-refractivity contribution in [1.82, 2.24) is 10.6 Å². The molecule has 7 nitrogen and oxygen atoms in total. The molecule has 0 saturated heterocycles. The number of Topliss-reactive ketones (excluding diaryl/α,β-unsaturated/α-hetero) is 1. The number of hydrogen-bond acceptors (Lipinski definition) is 5. The van der Waals surface area contributed by atoms with E-state index < -0.39 is 35.7 Å². The summed E-state index contributed by atoms with van der Waals surface area (Å²) in [6.45, 7) is 2.94. The predicted molar refractivity (Wildman–Crippen MR) is 96.2 cm³/mol. The number of nitrogens with one attached hydrogen (secondary N) is 2. The van der Waals surface area contributed by atoms with Crippen molar-refractivity contribution < 1.29 is 28.3 Å². The Bertz CT molecular complexity index is 692. The minimum Gasteiger partial charge on any atom is -0.467 e. The zero-order valence-electron chi connectivity index (χ0n) is 15.7. The first kappa shape index (κ1) is 22.3. The van der Waals surface area contributed by atoms with Crippen LogP contribution in [0.5, 0.6) is 0 Å². The van der Waals surface area contributed by atoms with E-state index in [1.165, 1.54) is 32.2 Å². The van der Waals surface area contributed by atoms with Crippen molar-refractivity contribution in [3.05, 3.63) is 35.6 Å². The van der Waals surface area contributed by atoms with E-state index in [1.54, 1.807) is 13.0 Å². The second-order valence-electron chi connectivity index (χ2n) is 6.06. The molecule has 1 aromatic carbocycles. The van der Waals surface area contributed by atoms with Gasteiger partial charge in [0.2, 0.25) is 11.8 Å². The second kappa shape index (κ2) is 11.1. The van der Waals surface area contributed by atoms with Gasteiger partial charge in [-0.3, -0.25) is 14.4 Å². The molecule has 2 N–H and O–H groups in total. The maximum atomic E-state index is 13.9. The molecule has 2 atom stereocenters. The molecule has 0 aromatic heterocycles. The molecule has 0 heterocycles. The van der Waals surface area contributed by atoms with Gasteiger partial charge in [-0.15, -0.1) is 0 Å². The average Bonchev–Trinajstić information content (AvgIpc) is 2.64. The molecular formula is C19H25FN2O5. The van der Waals surface area contributed by atoms with Gasteiger partial charge in [-0.2, -0.15) is 0 Å². The topological polar surface area (TPSA) is 102 Å². The van der Waals surface area contributed by atoms with Gasteiger partial charge in [0, 0.05) is 26.2 Å². The highest BCUT2D eigenvalue weighted by molar-refractivity contribution is 5.90. The molecule has 0 spiro atoms. The fourth-order valence-corrected chi connectivity index (χ4v) is 2.48. The van der Waals surface area contributed by atoms with Gasteiger partial charge in [-0.05, 0) is 18.1 Å². The first-order valence-corrected chi connectivity index (χ1v) is 8.68. The lowest BCUT2D eigenvalue weighted by atomic mass is 10.0. The van der Waals surface area contributed by atoms with Crippen molar-refractivity contribution in [3.63, 3.8) is 0 Å². The van der Waals surface area contributed by atoms with Gasteiger partial charge >= 0.3 is 5.97 Å². The third-order valence-electron chi connectivity index (χ3n) is 3.98. The smallest absolute Gasteiger partial charge is 0.328 e. The number of hydrogen-bond donors (Lipinski definition) is 2. The monoisotopic (exact) mass is 380 g/mol. The van der Waals surface area contributed by atoms with Crippen molar-refractivity contribution in [2.75, 3.05) is 7.11 Å². The number of carbonyl (C=O) groups excluding carboxylic acids is 4. The summed E-state index contributed by atoms with van der Waals surface area (Å²) in [5, 5.41) is 4.95. The Morgan fingerprint density at radius 1 is 1.11 bits per heavy atom. The van der Waals surface area contributed by atoms with Crippen molar-refractivity contribution in [1.29, 1.82) is 0 Å². The fraction of sp³-hybridized carbons (Fsp3) is 0.474. The van der Waals surface area contributed by atoms with Crippen molar-refractivity contribution in [2.45, 2.75) is 51.6 Å². The van der Waals surface area contributed by atoms with Gasteiger partial charge in [0.25, 0.3) is 0 Å². The first-order chi connectivity index (χ1) is 12.8. The van der Waals surface area contributed by atoms with E-state index in [0.717, 1.165) is 0 Å². The number of benzene rings is 1. The molecule has 0 fully saturated rings. The number of halogens is 1. The lowest BCUT2D eigenvalue weighted by molar-refractivity contribution is -0.145. The van der Waals surface area contributed by atoms with Crippen LogP contribution in [-0.4, -0.2) is 42.8 Å². The van der Waals surface area contributed by atoms with E-state index in [2.05, 4.69) is 15.4 Å². The van der Waals surface area contributed by atoms with E-state index >= 15 is 0 Å². The quantitative estimate of drug-likeness (QED) is 0.596. The molecule has 0 aliphatic heterocycles. The minimum absolute atomic E-state index is 0.0529. The van der Waals surface area contributed by atoms with Crippen LogP contribution in [0.25, 0.3) is 0 Å². The molecule has 0 unspecified atom stereocenters. The number of carbonyl (C=O) groups is 4. The van der Waals surface area contributed by atoms with E-state index in [9.17, 15) is 23.6 Å². The molecule has 27 heavy (non-hydrogen) atoms. The van der Waals surface area contributed by atoms with Crippen LogP contribution in [0.2, 0.25) is 0 Å². The van der Waals surface area contributed by atoms with Crippen LogP contribution in [-0.2, 0) is 30.3 Å². The average molecular weight is 380 g/mol. The Morgan fingerprint density at radius 2 is 1.78 bits per heavy atom. The van der Waals surface area contributed by atoms with Crippen LogP contribution in [0.15, 0.2) is 24.3 Å². The normalized spacial score (nSPS) is 12.6. The van der Waals surface area contributed by atoms with Crippen LogP contribution in [0.3, 0.4) is 0 Å². The lowest BCUT2D eigenvalue weighted by Gasteiger charge is -2.22. The maximum Gasteiger partial charge on any atom is 0.328 e. The van der Waals surface area contributed by atoms with E-state index in [1.807, 2.05) is 0 Å². The van der Waals surface area contributed by atoms with Crippen LogP contribution in [0.4, 0.5) is 4.39 Å². The molecule has 1 rings (SSSR count). The third-order valence-corrected chi connectivity index (χ3v) is 3.98. The summed E-state index contributed by atoms with van der Waals surface area (Å²) in [7, 11) is 1.17. The lowest BCUT2D eigenvalue weighted by Crippen LogP contribution is -2.52. The molecule has 0 bridgehead atoms.